The van der Waals surface area contributed by atoms with Gasteiger partial charge in [-0.3, -0.25) is 4.79 Å². The standard InChI is InChI=1S/C14H21NO2S/c1-10(2)8-9-15-14(17)11(3)18-13-7-5-4-6-12(13)16/h4-7,10-11,16H,8-9H2,1-3H3,(H,15,17). The van der Waals surface area contributed by atoms with Crippen molar-refractivity contribution < 1.29 is 9.90 Å². The minimum atomic E-state index is -0.203. The van der Waals surface area contributed by atoms with E-state index in [0.717, 1.165) is 11.3 Å². The normalized spacial score (nSPS) is 12.4. The maximum atomic E-state index is 11.8. The summed E-state index contributed by atoms with van der Waals surface area (Å²) in [6.45, 7) is 6.82. The topological polar surface area (TPSA) is 49.3 Å². The second-order valence-corrected chi connectivity index (χ2v) is 6.08. The van der Waals surface area contributed by atoms with Crippen LogP contribution in [0.1, 0.15) is 27.2 Å². The maximum absolute atomic E-state index is 11.8. The lowest BCUT2D eigenvalue weighted by molar-refractivity contribution is -0.120. The van der Waals surface area contributed by atoms with Gasteiger partial charge in [-0.05, 0) is 31.4 Å². The van der Waals surface area contributed by atoms with Gasteiger partial charge < -0.3 is 10.4 Å². The van der Waals surface area contributed by atoms with Gasteiger partial charge in [0.15, 0.2) is 0 Å². The number of phenols is 1. The molecule has 0 saturated carbocycles. The largest absolute Gasteiger partial charge is 0.507 e. The minimum absolute atomic E-state index is 0.0175. The molecule has 4 heteroatoms. The van der Waals surface area contributed by atoms with Gasteiger partial charge in [0.1, 0.15) is 5.75 Å². The SMILES string of the molecule is CC(C)CCNC(=O)C(C)Sc1ccccc1O. The highest BCUT2D eigenvalue weighted by molar-refractivity contribution is 8.00. The van der Waals surface area contributed by atoms with E-state index in [2.05, 4.69) is 19.2 Å². The number of nitrogens with one attached hydrogen (secondary N) is 1. The molecule has 0 saturated heterocycles. The number of amides is 1. The van der Waals surface area contributed by atoms with Crippen molar-refractivity contribution in [1.29, 1.82) is 0 Å². The summed E-state index contributed by atoms with van der Waals surface area (Å²) in [5.41, 5.74) is 0. The Balaban J connectivity index is 2.43. The minimum Gasteiger partial charge on any atom is -0.507 e. The molecule has 1 amide bonds. The Hall–Kier alpha value is -1.16. The molecule has 100 valence electrons. The molecule has 0 heterocycles. The van der Waals surface area contributed by atoms with Crippen LogP contribution in [-0.2, 0) is 4.79 Å². The van der Waals surface area contributed by atoms with Crippen LogP contribution in [0.15, 0.2) is 29.2 Å². The quantitative estimate of drug-likeness (QED) is 0.779. The Morgan fingerprint density at radius 2 is 2.00 bits per heavy atom. The molecule has 0 radical (unpaired) electrons. The highest BCUT2D eigenvalue weighted by Crippen LogP contribution is 2.30. The molecule has 0 aliphatic carbocycles. The Labute approximate surface area is 113 Å². The monoisotopic (exact) mass is 267 g/mol. The first kappa shape index (κ1) is 14.9. The first-order valence-electron chi connectivity index (χ1n) is 6.23. The van der Waals surface area contributed by atoms with Gasteiger partial charge in [-0.15, -0.1) is 11.8 Å². The van der Waals surface area contributed by atoms with Crippen LogP contribution >= 0.6 is 11.8 Å². The van der Waals surface area contributed by atoms with Crippen molar-refractivity contribution in [2.75, 3.05) is 6.54 Å². The van der Waals surface area contributed by atoms with Crippen LogP contribution in [0.5, 0.6) is 5.75 Å². The number of rotatable bonds is 6. The molecule has 1 atom stereocenters. The van der Waals surface area contributed by atoms with Crippen molar-refractivity contribution in [2.45, 2.75) is 37.3 Å². The number of carbonyl (C=O) groups is 1. The number of thioether (sulfide) groups is 1. The van der Waals surface area contributed by atoms with Crippen LogP contribution in [-0.4, -0.2) is 22.8 Å². The van der Waals surface area contributed by atoms with Crippen molar-refractivity contribution in [2.24, 2.45) is 5.92 Å². The Morgan fingerprint density at radius 3 is 2.61 bits per heavy atom. The van der Waals surface area contributed by atoms with Gasteiger partial charge >= 0.3 is 0 Å². The summed E-state index contributed by atoms with van der Waals surface area (Å²) in [5.74, 6) is 0.833. The lowest BCUT2D eigenvalue weighted by Crippen LogP contribution is -2.32. The van der Waals surface area contributed by atoms with E-state index in [1.54, 1.807) is 12.1 Å². The van der Waals surface area contributed by atoms with E-state index >= 15 is 0 Å². The van der Waals surface area contributed by atoms with Gasteiger partial charge in [-0.2, -0.15) is 0 Å². The molecule has 0 aliphatic rings. The van der Waals surface area contributed by atoms with Gasteiger partial charge in [-0.1, -0.05) is 26.0 Å². The number of para-hydroxylation sites is 1. The average Bonchev–Trinajstić information content (AvgIpc) is 2.31. The molecule has 0 aliphatic heterocycles. The van der Waals surface area contributed by atoms with E-state index in [9.17, 15) is 9.90 Å². The molecule has 1 aromatic carbocycles. The van der Waals surface area contributed by atoms with E-state index in [1.807, 2.05) is 19.1 Å². The van der Waals surface area contributed by atoms with Crippen LogP contribution in [0.4, 0.5) is 0 Å². The summed E-state index contributed by atoms with van der Waals surface area (Å²) in [7, 11) is 0. The molecule has 0 aromatic heterocycles. The molecule has 1 aromatic rings. The summed E-state index contributed by atoms with van der Waals surface area (Å²) in [6, 6.07) is 7.07. The molecule has 18 heavy (non-hydrogen) atoms. The third-order valence-corrected chi connectivity index (χ3v) is 3.73. The first-order chi connectivity index (χ1) is 8.50. The fourth-order valence-electron chi connectivity index (χ4n) is 1.43. The fraction of sp³-hybridized carbons (Fsp3) is 0.500. The summed E-state index contributed by atoms with van der Waals surface area (Å²) < 4.78 is 0. The van der Waals surface area contributed by atoms with Crippen molar-refractivity contribution in [3.05, 3.63) is 24.3 Å². The van der Waals surface area contributed by atoms with Gasteiger partial charge in [0.25, 0.3) is 0 Å². The van der Waals surface area contributed by atoms with Crippen molar-refractivity contribution >= 4 is 17.7 Å². The van der Waals surface area contributed by atoms with Gasteiger partial charge in [0.05, 0.1) is 5.25 Å². The number of benzene rings is 1. The van der Waals surface area contributed by atoms with Crippen molar-refractivity contribution in [1.82, 2.24) is 5.32 Å². The number of phenolic OH excluding ortho intramolecular Hbond substituents is 1. The van der Waals surface area contributed by atoms with E-state index in [0.29, 0.717) is 12.5 Å². The Bertz CT molecular complexity index is 393. The summed E-state index contributed by atoms with van der Waals surface area (Å²) in [4.78, 5) is 12.6. The predicted octanol–water partition coefficient (Wildman–Crippen LogP) is 3.04. The number of carbonyl (C=O) groups excluding carboxylic acids is 1. The smallest absolute Gasteiger partial charge is 0.233 e. The lowest BCUT2D eigenvalue weighted by Gasteiger charge is -2.13. The highest BCUT2D eigenvalue weighted by atomic mass is 32.2. The molecule has 3 nitrogen and oxygen atoms in total. The van der Waals surface area contributed by atoms with Crippen LogP contribution < -0.4 is 5.32 Å². The van der Waals surface area contributed by atoms with Crippen molar-refractivity contribution in [3.8, 4) is 5.75 Å². The maximum Gasteiger partial charge on any atom is 0.233 e. The number of hydrogen-bond donors (Lipinski definition) is 2. The number of aromatic hydroxyl groups is 1. The van der Waals surface area contributed by atoms with Gasteiger partial charge in [0.2, 0.25) is 5.91 Å². The molecule has 2 N–H and O–H groups in total. The van der Waals surface area contributed by atoms with E-state index in [4.69, 9.17) is 0 Å². The zero-order valence-corrected chi connectivity index (χ0v) is 12.0. The molecule has 1 unspecified atom stereocenters. The van der Waals surface area contributed by atoms with E-state index in [1.165, 1.54) is 11.8 Å². The molecular weight excluding hydrogens is 246 g/mol. The zero-order valence-electron chi connectivity index (χ0n) is 11.1. The van der Waals surface area contributed by atoms with Gasteiger partial charge in [-0.25, -0.2) is 0 Å². The molecule has 0 spiro atoms. The molecule has 0 bridgehead atoms. The van der Waals surface area contributed by atoms with Crippen LogP contribution in [0.3, 0.4) is 0 Å². The predicted molar refractivity (Wildman–Crippen MR) is 75.9 cm³/mol. The lowest BCUT2D eigenvalue weighted by atomic mass is 10.1. The molecule has 0 fully saturated rings. The van der Waals surface area contributed by atoms with Crippen molar-refractivity contribution in [3.63, 3.8) is 0 Å². The molecule has 1 rings (SSSR count). The third-order valence-electron chi connectivity index (χ3n) is 2.56. The summed E-state index contributed by atoms with van der Waals surface area (Å²) >= 11 is 1.38. The Morgan fingerprint density at radius 1 is 1.33 bits per heavy atom. The highest BCUT2D eigenvalue weighted by Gasteiger charge is 2.15. The van der Waals surface area contributed by atoms with E-state index in [-0.39, 0.29) is 16.9 Å². The second kappa shape index (κ2) is 7.31. The molecular formula is C14H21NO2S. The van der Waals surface area contributed by atoms with E-state index < -0.39 is 0 Å². The van der Waals surface area contributed by atoms with Gasteiger partial charge in [0, 0.05) is 11.4 Å². The Kier molecular flexibility index (Phi) is 6.05. The number of hydrogen-bond acceptors (Lipinski definition) is 3. The van der Waals surface area contributed by atoms with Crippen LogP contribution in [0.2, 0.25) is 0 Å². The average molecular weight is 267 g/mol. The van der Waals surface area contributed by atoms with Crippen LogP contribution in [0.25, 0.3) is 0 Å². The van der Waals surface area contributed by atoms with Crippen LogP contribution in [0, 0.1) is 5.92 Å². The first-order valence-corrected chi connectivity index (χ1v) is 7.11. The fourth-order valence-corrected chi connectivity index (χ4v) is 2.35. The zero-order chi connectivity index (χ0) is 13.5. The summed E-state index contributed by atoms with van der Waals surface area (Å²) in [5, 5.41) is 12.3. The second-order valence-electron chi connectivity index (χ2n) is 4.70. The third kappa shape index (κ3) is 5.00. The summed E-state index contributed by atoms with van der Waals surface area (Å²) in [6.07, 6.45) is 0.986.